The summed E-state index contributed by atoms with van der Waals surface area (Å²) in [5.74, 6) is 1.16. The molecule has 0 radical (unpaired) electrons. The van der Waals surface area contributed by atoms with Gasteiger partial charge in [-0.15, -0.1) is 0 Å². The normalized spacial score (nSPS) is 11.1. The molecule has 1 amide bonds. The monoisotopic (exact) mass is 475 g/mol. The predicted octanol–water partition coefficient (Wildman–Crippen LogP) is 5.71. The fourth-order valence-corrected chi connectivity index (χ4v) is 4.67. The molecule has 0 aliphatic heterocycles. The molecule has 0 bridgehead atoms. The number of aryl methyl sites for hydroxylation is 1. The summed E-state index contributed by atoms with van der Waals surface area (Å²) in [7, 11) is 0. The number of carbonyl (C=O) groups excluding carboxylic acids is 1. The number of amides is 1. The number of rotatable bonds is 10. The largest absolute Gasteiger partial charge is 0.467 e. The van der Waals surface area contributed by atoms with Gasteiger partial charge in [0.2, 0.25) is 0 Å². The van der Waals surface area contributed by atoms with Gasteiger partial charge in [-0.3, -0.25) is 14.2 Å². The molecule has 34 heavy (non-hydrogen) atoms. The summed E-state index contributed by atoms with van der Waals surface area (Å²) in [6, 6.07) is 17.0. The lowest BCUT2D eigenvalue weighted by molar-refractivity contribution is 0.0948. The van der Waals surface area contributed by atoms with E-state index in [1.54, 1.807) is 52.9 Å². The molecular weight excluding hydrogens is 446 g/mol. The van der Waals surface area contributed by atoms with E-state index in [2.05, 4.69) is 43.4 Å². The fraction of sp³-hybridized carbons (Fsp3) is 0.296. The molecule has 1 N–H and O–H groups in total. The Morgan fingerprint density at radius 1 is 1.12 bits per heavy atom. The zero-order valence-corrected chi connectivity index (χ0v) is 20.4. The molecule has 2 heterocycles. The van der Waals surface area contributed by atoms with Gasteiger partial charge in [0, 0.05) is 17.9 Å². The van der Waals surface area contributed by atoms with Crippen molar-refractivity contribution in [2.45, 2.75) is 57.1 Å². The molecule has 4 rings (SSSR count). The first-order chi connectivity index (χ1) is 16.5. The summed E-state index contributed by atoms with van der Waals surface area (Å²) in [6.45, 7) is 5.15. The highest BCUT2D eigenvalue weighted by molar-refractivity contribution is 7.98. The number of unbranched alkanes of at least 4 members (excludes halogenated alkanes) is 2. The zero-order chi connectivity index (χ0) is 23.9. The molecule has 0 saturated heterocycles. The number of benzene rings is 2. The highest BCUT2D eigenvalue weighted by Crippen LogP contribution is 2.23. The van der Waals surface area contributed by atoms with Crippen LogP contribution in [0.1, 0.15) is 53.4 Å². The lowest BCUT2D eigenvalue weighted by Gasteiger charge is -2.14. The van der Waals surface area contributed by atoms with Crippen LogP contribution in [-0.2, 0) is 18.8 Å². The summed E-state index contributed by atoms with van der Waals surface area (Å²) in [5, 5.41) is 4.05. The van der Waals surface area contributed by atoms with E-state index >= 15 is 0 Å². The molecule has 176 valence electrons. The third kappa shape index (κ3) is 5.78. The van der Waals surface area contributed by atoms with Gasteiger partial charge >= 0.3 is 0 Å². The number of furan rings is 1. The van der Waals surface area contributed by atoms with Crippen molar-refractivity contribution in [3.8, 4) is 0 Å². The molecule has 0 spiro atoms. The maximum Gasteiger partial charge on any atom is 0.262 e. The fourth-order valence-electron chi connectivity index (χ4n) is 3.68. The SMILES string of the molecule is CCCCCn1c(SCc2ccc(C)cc2)nc2cc(C(=O)NCc3ccco3)ccc2c1=O. The Balaban J connectivity index is 1.62. The van der Waals surface area contributed by atoms with Crippen LogP contribution >= 0.6 is 11.8 Å². The summed E-state index contributed by atoms with van der Waals surface area (Å²) in [4.78, 5) is 30.9. The molecule has 0 aliphatic carbocycles. The second-order valence-electron chi connectivity index (χ2n) is 8.33. The van der Waals surface area contributed by atoms with Crippen molar-refractivity contribution in [2.24, 2.45) is 0 Å². The molecule has 0 aliphatic rings. The van der Waals surface area contributed by atoms with Crippen molar-refractivity contribution in [3.05, 3.63) is 93.7 Å². The Kier molecular flexibility index (Phi) is 7.85. The Morgan fingerprint density at radius 2 is 1.94 bits per heavy atom. The smallest absolute Gasteiger partial charge is 0.262 e. The molecule has 2 aromatic heterocycles. The molecule has 0 atom stereocenters. The van der Waals surface area contributed by atoms with Crippen LogP contribution in [0.3, 0.4) is 0 Å². The minimum Gasteiger partial charge on any atom is -0.467 e. The van der Waals surface area contributed by atoms with Crippen LogP contribution < -0.4 is 10.9 Å². The summed E-state index contributed by atoms with van der Waals surface area (Å²) < 4.78 is 7.06. The second-order valence-corrected chi connectivity index (χ2v) is 9.27. The maximum atomic E-state index is 13.4. The van der Waals surface area contributed by atoms with Gasteiger partial charge in [-0.05, 0) is 49.2 Å². The van der Waals surface area contributed by atoms with Crippen LogP contribution in [0.2, 0.25) is 0 Å². The van der Waals surface area contributed by atoms with Crippen molar-refractivity contribution in [2.75, 3.05) is 0 Å². The van der Waals surface area contributed by atoms with Crippen LogP contribution in [0.15, 0.2) is 75.2 Å². The standard InChI is InChI=1S/C27H29N3O3S/c1-3-4-5-14-30-26(32)23-13-12-21(25(31)28-17-22-7-6-15-33-22)16-24(23)29-27(30)34-18-20-10-8-19(2)9-11-20/h6-13,15-16H,3-5,14,17-18H2,1-2H3,(H,28,31). The van der Waals surface area contributed by atoms with E-state index in [4.69, 9.17) is 9.40 Å². The molecule has 2 aromatic carbocycles. The van der Waals surface area contributed by atoms with Gasteiger partial charge in [0.05, 0.1) is 23.7 Å². The highest BCUT2D eigenvalue weighted by Gasteiger charge is 2.14. The lowest BCUT2D eigenvalue weighted by atomic mass is 10.1. The predicted molar refractivity (Wildman–Crippen MR) is 136 cm³/mol. The molecule has 7 heteroatoms. The van der Waals surface area contributed by atoms with Crippen LogP contribution in [0.25, 0.3) is 10.9 Å². The average molecular weight is 476 g/mol. The summed E-state index contributed by atoms with van der Waals surface area (Å²) in [6.07, 6.45) is 4.64. The minimum atomic E-state index is -0.235. The number of thioether (sulfide) groups is 1. The Morgan fingerprint density at radius 3 is 2.68 bits per heavy atom. The minimum absolute atomic E-state index is 0.0601. The van der Waals surface area contributed by atoms with E-state index in [1.165, 1.54) is 11.1 Å². The number of hydrogen-bond donors (Lipinski definition) is 1. The quantitative estimate of drug-likeness (QED) is 0.181. The number of aromatic nitrogens is 2. The summed E-state index contributed by atoms with van der Waals surface area (Å²) in [5.41, 5.74) is 3.33. The maximum absolute atomic E-state index is 13.4. The van der Waals surface area contributed by atoms with E-state index in [-0.39, 0.29) is 11.5 Å². The van der Waals surface area contributed by atoms with E-state index in [1.807, 2.05) is 0 Å². The molecular formula is C27H29N3O3S. The molecule has 0 unspecified atom stereocenters. The van der Waals surface area contributed by atoms with E-state index in [0.717, 1.165) is 25.0 Å². The topological polar surface area (TPSA) is 77.1 Å². The van der Waals surface area contributed by atoms with Crippen molar-refractivity contribution >= 4 is 28.6 Å². The van der Waals surface area contributed by atoms with E-state index in [9.17, 15) is 9.59 Å². The number of carbonyl (C=O) groups is 1. The van der Waals surface area contributed by atoms with Gasteiger partial charge in [-0.1, -0.05) is 61.4 Å². The number of hydrogen-bond acceptors (Lipinski definition) is 5. The third-order valence-corrected chi connectivity index (χ3v) is 6.71. The molecule has 6 nitrogen and oxygen atoms in total. The van der Waals surface area contributed by atoms with Crippen LogP contribution in [0.4, 0.5) is 0 Å². The van der Waals surface area contributed by atoms with Crippen molar-refractivity contribution in [3.63, 3.8) is 0 Å². The van der Waals surface area contributed by atoms with Gasteiger partial charge in [0.1, 0.15) is 5.76 Å². The molecule has 4 aromatic rings. The van der Waals surface area contributed by atoms with Gasteiger partial charge < -0.3 is 9.73 Å². The Labute approximate surface area is 203 Å². The number of nitrogens with one attached hydrogen (secondary N) is 1. The van der Waals surface area contributed by atoms with Gasteiger partial charge in [-0.25, -0.2) is 4.98 Å². The van der Waals surface area contributed by atoms with Gasteiger partial charge in [0.15, 0.2) is 5.16 Å². The Bertz CT molecular complexity index is 1310. The second kappa shape index (κ2) is 11.2. The van der Waals surface area contributed by atoms with Crippen LogP contribution in [0, 0.1) is 6.92 Å². The lowest BCUT2D eigenvalue weighted by Crippen LogP contribution is -2.25. The first-order valence-electron chi connectivity index (χ1n) is 11.6. The molecule has 0 saturated carbocycles. The first kappa shape index (κ1) is 23.8. The van der Waals surface area contributed by atoms with Gasteiger partial charge in [-0.2, -0.15) is 0 Å². The first-order valence-corrected chi connectivity index (χ1v) is 12.6. The number of nitrogens with zero attached hydrogens (tertiary/aromatic N) is 2. The van der Waals surface area contributed by atoms with E-state index < -0.39 is 0 Å². The highest BCUT2D eigenvalue weighted by atomic mass is 32.2. The zero-order valence-electron chi connectivity index (χ0n) is 19.5. The summed E-state index contributed by atoms with van der Waals surface area (Å²) >= 11 is 1.55. The Hall–Kier alpha value is -3.32. The average Bonchev–Trinajstić information content (AvgIpc) is 3.37. The van der Waals surface area contributed by atoms with Crippen LogP contribution in [0.5, 0.6) is 0 Å². The molecule has 0 fully saturated rings. The third-order valence-electron chi connectivity index (χ3n) is 5.66. The van der Waals surface area contributed by atoms with Crippen molar-refractivity contribution < 1.29 is 9.21 Å². The van der Waals surface area contributed by atoms with Crippen LogP contribution in [-0.4, -0.2) is 15.5 Å². The van der Waals surface area contributed by atoms with Crippen molar-refractivity contribution in [1.82, 2.24) is 14.9 Å². The van der Waals surface area contributed by atoms with Gasteiger partial charge in [0.25, 0.3) is 11.5 Å². The number of fused-ring (bicyclic) bond motifs is 1. The van der Waals surface area contributed by atoms with Crippen molar-refractivity contribution in [1.29, 1.82) is 0 Å². The van der Waals surface area contributed by atoms with E-state index in [0.29, 0.717) is 40.5 Å².